The molecule has 1 N–H and O–H groups in total. The van der Waals surface area contributed by atoms with Crippen LogP contribution in [0.1, 0.15) is 17.4 Å². The number of nitrogens with one attached hydrogen (secondary N) is 1. The summed E-state index contributed by atoms with van der Waals surface area (Å²) in [5, 5.41) is 3.55. The largest absolute Gasteiger partial charge is 0.487 e. The van der Waals surface area contributed by atoms with E-state index in [-0.39, 0.29) is 5.91 Å². The van der Waals surface area contributed by atoms with Gasteiger partial charge in [0, 0.05) is 10.5 Å². The highest BCUT2D eigenvalue weighted by Gasteiger charge is 2.22. The van der Waals surface area contributed by atoms with Crippen LogP contribution in [-0.4, -0.2) is 16.6 Å². The van der Waals surface area contributed by atoms with Crippen molar-refractivity contribution in [1.29, 1.82) is 0 Å². The third-order valence-corrected chi connectivity index (χ3v) is 5.88. The predicted molar refractivity (Wildman–Crippen MR) is 107 cm³/mol. The summed E-state index contributed by atoms with van der Waals surface area (Å²) in [7, 11) is 0. The monoisotopic (exact) mass is 382 g/mol. The first-order valence-electron chi connectivity index (χ1n) is 8.46. The fourth-order valence-corrected chi connectivity index (χ4v) is 4.43. The molecule has 4 rings (SSSR count). The number of thiazole rings is 1. The Morgan fingerprint density at radius 1 is 1.23 bits per heavy atom. The van der Waals surface area contributed by atoms with E-state index >= 15 is 0 Å². The van der Waals surface area contributed by atoms with E-state index in [1.54, 1.807) is 11.8 Å². The first-order valence-corrected chi connectivity index (χ1v) is 10.3. The Morgan fingerprint density at radius 3 is 2.85 bits per heavy atom. The zero-order valence-corrected chi connectivity index (χ0v) is 16.0. The first-order chi connectivity index (χ1) is 12.7. The lowest BCUT2D eigenvalue weighted by Crippen LogP contribution is -2.14. The van der Waals surface area contributed by atoms with E-state index in [0.29, 0.717) is 18.2 Å². The third kappa shape index (κ3) is 3.61. The van der Waals surface area contributed by atoms with Gasteiger partial charge in [-0.05, 0) is 35.6 Å². The summed E-state index contributed by atoms with van der Waals surface area (Å²) < 4.78 is 5.75. The highest BCUT2D eigenvalue weighted by Crippen LogP contribution is 2.40. The van der Waals surface area contributed by atoms with Gasteiger partial charge in [0.15, 0.2) is 5.13 Å². The molecule has 1 amide bonds. The molecule has 2 aromatic carbocycles. The first kappa shape index (κ1) is 17.1. The molecule has 26 heavy (non-hydrogen) atoms. The van der Waals surface area contributed by atoms with Crippen LogP contribution in [0, 0.1) is 0 Å². The van der Waals surface area contributed by atoms with Crippen LogP contribution in [0.2, 0.25) is 0 Å². The zero-order chi connectivity index (χ0) is 17.9. The number of fused-ring (bicyclic) bond motifs is 3. The molecule has 0 aliphatic carbocycles. The van der Waals surface area contributed by atoms with Gasteiger partial charge in [-0.1, -0.05) is 42.5 Å². The van der Waals surface area contributed by atoms with Crippen molar-refractivity contribution in [3.63, 3.8) is 0 Å². The number of aromatic nitrogens is 1. The topological polar surface area (TPSA) is 51.2 Å². The summed E-state index contributed by atoms with van der Waals surface area (Å²) in [5.41, 5.74) is 2.89. The quantitative estimate of drug-likeness (QED) is 0.631. The van der Waals surface area contributed by atoms with Crippen LogP contribution in [0.5, 0.6) is 5.75 Å². The zero-order valence-electron chi connectivity index (χ0n) is 14.3. The Balaban J connectivity index is 1.45. The SMILES string of the molecule is CCSc1ccc(CC(=O)Nc2nc3c(s2)COc2ccccc2-3)cc1. The maximum atomic E-state index is 12.4. The molecule has 2 heterocycles. The molecule has 0 bridgehead atoms. The van der Waals surface area contributed by atoms with Crippen molar-refractivity contribution in [2.75, 3.05) is 11.1 Å². The van der Waals surface area contributed by atoms with Crippen molar-refractivity contribution in [3.8, 4) is 17.0 Å². The second-order valence-corrected chi connectivity index (χ2v) is 8.30. The number of benzene rings is 2. The Hall–Kier alpha value is -2.31. The Bertz CT molecular complexity index is 935. The highest BCUT2D eigenvalue weighted by molar-refractivity contribution is 7.99. The number of para-hydroxylation sites is 1. The van der Waals surface area contributed by atoms with Gasteiger partial charge in [-0.15, -0.1) is 11.8 Å². The molecule has 0 unspecified atom stereocenters. The van der Waals surface area contributed by atoms with E-state index in [1.807, 2.05) is 36.4 Å². The third-order valence-electron chi connectivity index (χ3n) is 4.04. The van der Waals surface area contributed by atoms with E-state index in [1.165, 1.54) is 16.2 Å². The molecule has 6 heteroatoms. The summed E-state index contributed by atoms with van der Waals surface area (Å²) >= 11 is 3.27. The minimum absolute atomic E-state index is 0.0544. The molecule has 1 aromatic heterocycles. The minimum Gasteiger partial charge on any atom is -0.487 e. The Kier molecular flexibility index (Phi) is 4.95. The van der Waals surface area contributed by atoms with Crippen molar-refractivity contribution in [2.45, 2.75) is 24.8 Å². The highest BCUT2D eigenvalue weighted by atomic mass is 32.2. The summed E-state index contributed by atoms with van der Waals surface area (Å²) in [6.07, 6.45) is 0.342. The number of carbonyl (C=O) groups excluding carboxylic acids is 1. The van der Waals surface area contributed by atoms with Crippen molar-refractivity contribution < 1.29 is 9.53 Å². The van der Waals surface area contributed by atoms with E-state index < -0.39 is 0 Å². The van der Waals surface area contributed by atoms with E-state index in [0.717, 1.165) is 33.2 Å². The fourth-order valence-electron chi connectivity index (χ4n) is 2.86. The van der Waals surface area contributed by atoms with Crippen LogP contribution in [0.25, 0.3) is 11.3 Å². The summed E-state index contributed by atoms with van der Waals surface area (Å²) in [6, 6.07) is 16.0. The fraction of sp³-hybridized carbons (Fsp3) is 0.200. The molecule has 0 radical (unpaired) electrons. The van der Waals surface area contributed by atoms with Crippen molar-refractivity contribution in [2.24, 2.45) is 0 Å². The van der Waals surface area contributed by atoms with Gasteiger partial charge >= 0.3 is 0 Å². The van der Waals surface area contributed by atoms with Gasteiger partial charge in [0.2, 0.25) is 5.91 Å². The number of anilines is 1. The summed E-state index contributed by atoms with van der Waals surface area (Å²) in [6.45, 7) is 2.62. The molecule has 1 aliphatic heterocycles. The minimum atomic E-state index is -0.0544. The number of carbonyl (C=O) groups is 1. The Labute approximate surface area is 160 Å². The maximum absolute atomic E-state index is 12.4. The average Bonchev–Trinajstić information content (AvgIpc) is 3.06. The van der Waals surface area contributed by atoms with E-state index in [9.17, 15) is 4.79 Å². The molecule has 0 spiro atoms. The van der Waals surface area contributed by atoms with Gasteiger partial charge in [-0.2, -0.15) is 0 Å². The molecule has 1 aliphatic rings. The van der Waals surface area contributed by atoms with Gasteiger partial charge in [0.05, 0.1) is 17.0 Å². The number of hydrogen-bond acceptors (Lipinski definition) is 5. The number of thioether (sulfide) groups is 1. The van der Waals surface area contributed by atoms with Crippen LogP contribution < -0.4 is 10.1 Å². The predicted octanol–water partition coefficient (Wildman–Crippen LogP) is 5.00. The van der Waals surface area contributed by atoms with E-state index in [4.69, 9.17) is 4.74 Å². The van der Waals surface area contributed by atoms with E-state index in [2.05, 4.69) is 29.4 Å². The van der Waals surface area contributed by atoms with Crippen molar-refractivity contribution >= 4 is 34.1 Å². The second-order valence-electron chi connectivity index (χ2n) is 5.88. The molecule has 4 nitrogen and oxygen atoms in total. The molecule has 132 valence electrons. The normalized spacial score (nSPS) is 12.0. The number of amides is 1. The molecule has 0 fully saturated rings. The lowest BCUT2D eigenvalue weighted by molar-refractivity contribution is -0.115. The van der Waals surface area contributed by atoms with Crippen LogP contribution in [0.4, 0.5) is 5.13 Å². The van der Waals surface area contributed by atoms with Crippen molar-refractivity contribution in [3.05, 3.63) is 59.0 Å². The number of rotatable bonds is 5. The number of ether oxygens (including phenoxy) is 1. The summed E-state index contributed by atoms with van der Waals surface area (Å²) in [5.74, 6) is 1.83. The maximum Gasteiger partial charge on any atom is 0.230 e. The number of nitrogens with zero attached hydrogens (tertiary/aromatic N) is 1. The van der Waals surface area contributed by atoms with Crippen LogP contribution in [-0.2, 0) is 17.8 Å². The smallest absolute Gasteiger partial charge is 0.230 e. The standard InChI is InChI=1S/C20H18N2O2S2/c1-2-25-14-9-7-13(8-10-14)11-18(23)21-20-22-19-15-5-3-4-6-16(15)24-12-17(19)26-20/h3-10H,2,11-12H2,1H3,(H,21,22,23). The van der Waals surface area contributed by atoms with Gasteiger partial charge in [-0.25, -0.2) is 4.98 Å². The van der Waals surface area contributed by atoms with Gasteiger partial charge in [-0.3, -0.25) is 4.79 Å². The molecule has 0 saturated carbocycles. The number of hydrogen-bond donors (Lipinski definition) is 1. The van der Waals surface area contributed by atoms with Gasteiger partial charge < -0.3 is 10.1 Å². The Morgan fingerprint density at radius 2 is 2.04 bits per heavy atom. The lowest BCUT2D eigenvalue weighted by atomic mass is 10.1. The molecule has 0 saturated heterocycles. The molecule has 0 atom stereocenters. The van der Waals surface area contributed by atoms with Crippen LogP contribution in [0.15, 0.2) is 53.4 Å². The van der Waals surface area contributed by atoms with Crippen molar-refractivity contribution in [1.82, 2.24) is 4.98 Å². The van der Waals surface area contributed by atoms with Gasteiger partial charge in [0.1, 0.15) is 12.4 Å². The average molecular weight is 383 g/mol. The van der Waals surface area contributed by atoms with Gasteiger partial charge in [0.25, 0.3) is 0 Å². The lowest BCUT2D eigenvalue weighted by Gasteiger charge is -2.15. The van der Waals surface area contributed by atoms with Crippen LogP contribution >= 0.6 is 23.1 Å². The molecular formula is C20H18N2O2S2. The van der Waals surface area contributed by atoms with Crippen LogP contribution in [0.3, 0.4) is 0 Å². The molecule has 3 aromatic rings. The molecular weight excluding hydrogens is 364 g/mol. The second kappa shape index (κ2) is 7.51. The summed E-state index contributed by atoms with van der Waals surface area (Å²) in [4.78, 5) is 19.3.